The van der Waals surface area contributed by atoms with E-state index < -0.39 is 17.9 Å². The molecule has 0 spiro atoms. The van der Waals surface area contributed by atoms with Gasteiger partial charge in [-0.3, -0.25) is 9.59 Å². The van der Waals surface area contributed by atoms with Gasteiger partial charge >= 0.3 is 5.97 Å². The van der Waals surface area contributed by atoms with Crippen molar-refractivity contribution in [1.82, 2.24) is 15.2 Å². The Bertz CT molecular complexity index is 1110. The third kappa shape index (κ3) is 6.51. The fourth-order valence-corrected chi connectivity index (χ4v) is 4.88. The molecule has 36 heavy (non-hydrogen) atoms. The van der Waals surface area contributed by atoms with Gasteiger partial charge in [0.05, 0.1) is 5.69 Å². The molecule has 1 fully saturated rings. The van der Waals surface area contributed by atoms with Crippen LogP contribution in [0.3, 0.4) is 0 Å². The summed E-state index contributed by atoms with van der Waals surface area (Å²) in [5, 5.41) is 27.6. The molecule has 2 atom stereocenters. The number of hydrogen-bond acceptors (Lipinski definition) is 7. The number of fused-ring (bicyclic) bond motifs is 1. The number of carboxylic acids is 1. The maximum atomic E-state index is 12.6. The summed E-state index contributed by atoms with van der Waals surface area (Å²) in [4.78, 5) is 42.1. The fourth-order valence-electron chi connectivity index (χ4n) is 4.88. The van der Waals surface area contributed by atoms with E-state index >= 15 is 0 Å². The molecule has 0 bridgehead atoms. The second kappa shape index (κ2) is 11.9. The van der Waals surface area contributed by atoms with Gasteiger partial charge in [-0.05, 0) is 80.8 Å². The van der Waals surface area contributed by atoms with Gasteiger partial charge in [-0.1, -0.05) is 6.07 Å². The minimum atomic E-state index is -1.10. The number of aromatic hydroxyl groups is 1. The lowest BCUT2D eigenvalue weighted by molar-refractivity contribution is -0.139. The molecular formula is C26H33N5O5. The molecule has 10 nitrogen and oxygen atoms in total. The van der Waals surface area contributed by atoms with Gasteiger partial charge in [-0.2, -0.15) is 0 Å². The average Bonchev–Trinajstić information content (AvgIpc) is 3.34. The number of phenolic OH excluding ortho intramolecular Hbond substituents is 1. The predicted octanol–water partition coefficient (Wildman–Crippen LogP) is 2.24. The van der Waals surface area contributed by atoms with Crippen LogP contribution in [0.1, 0.15) is 47.3 Å². The van der Waals surface area contributed by atoms with E-state index in [-0.39, 0.29) is 23.4 Å². The van der Waals surface area contributed by atoms with Crippen LogP contribution in [0.4, 0.5) is 11.5 Å². The molecule has 10 heteroatoms. The van der Waals surface area contributed by atoms with Gasteiger partial charge in [0.25, 0.3) is 5.91 Å². The monoisotopic (exact) mass is 495 g/mol. The largest absolute Gasteiger partial charge is 0.506 e. The van der Waals surface area contributed by atoms with Gasteiger partial charge in [0.2, 0.25) is 6.41 Å². The Morgan fingerprint density at radius 2 is 2.14 bits per heavy atom. The summed E-state index contributed by atoms with van der Waals surface area (Å²) < 4.78 is 0. The number of pyridine rings is 1. The van der Waals surface area contributed by atoms with E-state index in [1.54, 1.807) is 0 Å². The zero-order valence-corrected chi connectivity index (χ0v) is 20.2. The lowest BCUT2D eigenvalue weighted by Crippen LogP contribution is -2.43. The van der Waals surface area contributed by atoms with E-state index in [2.05, 4.69) is 33.0 Å². The lowest BCUT2D eigenvalue weighted by atomic mass is 10.00. The summed E-state index contributed by atoms with van der Waals surface area (Å²) in [6, 6.07) is 7.22. The van der Waals surface area contributed by atoms with Crippen molar-refractivity contribution in [2.24, 2.45) is 5.92 Å². The molecule has 0 saturated carbocycles. The smallest absolute Gasteiger partial charge is 0.326 e. The molecule has 1 saturated heterocycles. The molecule has 3 heterocycles. The van der Waals surface area contributed by atoms with Crippen LogP contribution in [0.25, 0.3) is 0 Å². The number of carbonyl (C=O) groups excluding carboxylic acids is 2. The molecule has 1 aromatic carbocycles. The number of benzene rings is 1. The Morgan fingerprint density at radius 3 is 2.94 bits per heavy atom. The molecule has 2 aliphatic heterocycles. The van der Waals surface area contributed by atoms with Crippen LogP contribution in [0.2, 0.25) is 0 Å². The highest BCUT2D eigenvalue weighted by Crippen LogP contribution is 2.25. The molecule has 192 valence electrons. The number of rotatable bonds is 11. The third-order valence-electron chi connectivity index (χ3n) is 6.94. The molecule has 4 rings (SSSR count). The van der Waals surface area contributed by atoms with Crippen molar-refractivity contribution >= 4 is 29.8 Å². The van der Waals surface area contributed by atoms with E-state index in [9.17, 15) is 24.6 Å². The van der Waals surface area contributed by atoms with Crippen LogP contribution < -0.4 is 16.0 Å². The Morgan fingerprint density at radius 1 is 1.28 bits per heavy atom. The Labute approximate surface area is 210 Å². The molecule has 5 N–H and O–H groups in total. The lowest BCUT2D eigenvalue weighted by Gasteiger charge is -2.20. The summed E-state index contributed by atoms with van der Waals surface area (Å²) in [5.74, 6) is -0.304. The maximum Gasteiger partial charge on any atom is 0.326 e. The predicted molar refractivity (Wildman–Crippen MR) is 135 cm³/mol. The number of aliphatic carboxylic acids is 1. The number of aromatic nitrogens is 1. The second-order valence-electron chi connectivity index (χ2n) is 9.48. The first-order chi connectivity index (χ1) is 17.4. The highest BCUT2D eigenvalue weighted by Gasteiger charge is 2.26. The molecule has 1 aromatic heterocycles. The number of anilines is 2. The van der Waals surface area contributed by atoms with Crippen molar-refractivity contribution in [3.8, 4) is 5.75 Å². The van der Waals surface area contributed by atoms with Crippen LogP contribution in [0.15, 0.2) is 30.3 Å². The first kappa shape index (κ1) is 25.4. The summed E-state index contributed by atoms with van der Waals surface area (Å²) in [6.45, 7) is 3.36. The number of likely N-dealkylation sites (tertiary alicyclic amines) is 1. The van der Waals surface area contributed by atoms with E-state index in [1.165, 1.54) is 23.8 Å². The first-order valence-corrected chi connectivity index (χ1v) is 12.4. The number of carbonyl (C=O) groups is 3. The highest BCUT2D eigenvalue weighted by atomic mass is 16.4. The Kier molecular flexibility index (Phi) is 8.37. The van der Waals surface area contributed by atoms with Crippen LogP contribution in [-0.4, -0.2) is 70.6 Å². The number of aryl methyl sites for hydroxylation is 2. The van der Waals surface area contributed by atoms with Crippen LogP contribution >= 0.6 is 0 Å². The van der Waals surface area contributed by atoms with E-state index in [0.29, 0.717) is 18.9 Å². The van der Waals surface area contributed by atoms with Crippen molar-refractivity contribution in [2.75, 3.05) is 36.8 Å². The topological polar surface area (TPSA) is 144 Å². The van der Waals surface area contributed by atoms with Crippen LogP contribution in [0, 0.1) is 5.92 Å². The molecule has 0 radical (unpaired) electrons. The standard InChI is InChI=1S/C26H33N5O5/c32-16-28-22-14-19(5-8-23(22)33)25(34)30-21(26(35)36)10-13-31-12-9-17(15-31)3-6-20-7-4-18-2-1-11-27-24(18)29-20/h4-5,7-8,14,16-17,21,33H,1-3,6,9-13,15H2,(H,27,29)(H,28,32)(H,30,34)(H,35,36). The van der Waals surface area contributed by atoms with Crippen molar-refractivity contribution in [2.45, 2.75) is 44.6 Å². The molecule has 2 aromatic rings. The number of amides is 2. The molecule has 0 aliphatic carbocycles. The average molecular weight is 496 g/mol. The van der Waals surface area contributed by atoms with Crippen molar-refractivity contribution < 1.29 is 24.6 Å². The van der Waals surface area contributed by atoms with Gasteiger partial charge in [0, 0.05) is 30.9 Å². The number of carboxylic acid groups (broad SMARTS) is 1. The Hall–Kier alpha value is -3.66. The molecule has 2 unspecified atom stereocenters. The zero-order chi connectivity index (χ0) is 25.5. The van der Waals surface area contributed by atoms with Crippen molar-refractivity contribution in [3.05, 3.63) is 47.2 Å². The quantitative estimate of drug-likeness (QED) is 0.236. The second-order valence-corrected chi connectivity index (χ2v) is 9.48. The van der Waals surface area contributed by atoms with Crippen molar-refractivity contribution in [3.63, 3.8) is 0 Å². The zero-order valence-electron chi connectivity index (χ0n) is 20.2. The Balaban J connectivity index is 1.24. The van der Waals surface area contributed by atoms with Gasteiger partial charge in [-0.25, -0.2) is 9.78 Å². The third-order valence-corrected chi connectivity index (χ3v) is 6.94. The summed E-state index contributed by atoms with van der Waals surface area (Å²) in [6.07, 6.45) is 5.93. The van der Waals surface area contributed by atoms with E-state index in [0.717, 1.165) is 63.3 Å². The maximum absolute atomic E-state index is 12.6. The number of nitrogens with one attached hydrogen (secondary N) is 3. The number of phenols is 1. The normalized spacial score (nSPS) is 18.1. The summed E-state index contributed by atoms with van der Waals surface area (Å²) in [5.41, 5.74) is 2.63. The van der Waals surface area contributed by atoms with E-state index in [1.807, 2.05) is 0 Å². The summed E-state index contributed by atoms with van der Waals surface area (Å²) in [7, 11) is 0. The highest BCUT2D eigenvalue weighted by molar-refractivity contribution is 5.98. The van der Waals surface area contributed by atoms with Gasteiger partial charge in [-0.15, -0.1) is 0 Å². The molecular weight excluding hydrogens is 462 g/mol. The molecule has 2 amide bonds. The molecule has 2 aliphatic rings. The minimum Gasteiger partial charge on any atom is -0.506 e. The van der Waals surface area contributed by atoms with Crippen molar-refractivity contribution in [1.29, 1.82) is 0 Å². The number of nitrogens with zero attached hydrogens (tertiary/aromatic N) is 2. The van der Waals surface area contributed by atoms with Gasteiger partial charge in [0.15, 0.2) is 0 Å². The first-order valence-electron chi connectivity index (χ1n) is 12.4. The van der Waals surface area contributed by atoms with Crippen LogP contribution in [0.5, 0.6) is 5.75 Å². The van der Waals surface area contributed by atoms with Gasteiger partial charge < -0.3 is 31.1 Å². The summed E-state index contributed by atoms with van der Waals surface area (Å²) >= 11 is 0. The number of hydrogen-bond donors (Lipinski definition) is 5. The van der Waals surface area contributed by atoms with E-state index in [4.69, 9.17) is 4.98 Å². The SMILES string of the molecule is O=CNc1cc(C(=O)NC(CCN2CCC(CCc3ccc4c(n3)NCCC4)C2)C(=O)O)ccc1O. The fraction of sp³-hybridized carbons (Fsp3) is 0.462. The van der Waals surface area contributed by atoms with Crippen LogP contribution in [-0.2, 0) is 22.4 Å². The minimum absolute atomic E-state index is 0.0782. The van der Waals surface area contributed by atoms with Gasteiger partial charge in [0.1, 0.15) is 17.6 Å².